The van der Waals surface area contributed by atoms with Crippen molar-refractivity contribution in [3.8, 4) is 0 Å². The molecule has 2 unspecified atom stereocenters. The fourth-order valence-electron chi connectivity index (χ4n) is 2.35. The first-order valence-corrected chi connectivity index (χ1v) is 6.43. The van der Waals surface area contributed by atoms with E-state index in [1.54, 1.807) is 12.1 Å². The van der Waals surface area contributed by atoms with E-state index in [1.165, 1.54) is 12.8 Å². The third kappa shape index (κ3) is 3.31. The van der Waals surface area contributed by atoms with Crippen molar-refractivity contribution in [3.05, 3.63) is 35.4 Å². The van der Waals surface area contributed by atoms with Gasteiger partial charge in [0.05, 0.1) is 12.7 Å². The van der Waals surface area contributed by atoms with Crippen molar-refractivity contribution in [2.45, 2.75) is 44.4 Å². The second-order valence-corrected chi connectivity index (χ2v) is 4.86. The first kappa shape index (κ1) is 13.1. The Hall–Kier alpha value is -1.39. The summed E-state index contributed by atoms with van der Waals surface area (Å²) in [5.41, 5.74) is 12.7. The molecule has 1 aromatic carbocycles. The Morgan fingerprint density at radius 1 is 1.33 bits per heavy atom. The third-order valence-corrected chi connectivity index (χ3v) is 3.43. The van der Waals surface area contributed by atoms with Crippen LogP contribution in [0.5, 0.6) is 0 Å². The van der Waals surface area contributed by atoms with E-state index in [2.05, 4.69) is 0 Å². The van der Waals surface area contributed by atoms with Gasteiger partial charge in [-0.3, -0.25) is 4.79 Å². The molecule has 4 nitrogen and oxygen atoms in total. The molecule has 0 aromatic heterocycles. The van der Waals surface area contributed by atoms with Crippen molar-refractivity contribution in [1.29, 1.82) is 0 Å². The lowest BCUT2D eigenvalue weighted by molar-refractivity contribution is 0.00403. The minimum Gasteiger partial charge on any atom is -0.372 e. The van der Waals surface area contributed by atoms with Crippen LogP contribution < -0.4 is 11.5 Å². The molecular formula is C14H20N2O2. The first-order valence-electron chi connectivity index (χ1n) is 6.43. The Bertz CT molecular complexity index is 420. The van der Waals surface area contributed by atoms with Crippen molar-refractivity contribution in [3.63, 3.8) is 0 Å². The highest BCUT2D eigenvalue weighted by molar-refractivity contribution is 5.92. The lowest BCUT2D eigenvalue weighted by atomic mass is 9.93. The van der Waals surface area contributed by atoms with Crippen molar-refractivity contribution in [2.75, 3.05) is 0 Å². The standard InChI is InChI=1S/C14H20N2O2/c15-12-6-1-2-7-13(12)18-9-10-4-3-5-11(8-10)14(16)17/h3-5,8,12-13H,1-2,6-7,9,15H2,(H2,16,17). The molecule has 0 heterocycles. The minimum absolute atomic E-state index is 0.135. The summed E-state index contributed by atoms with van der Waals surface area (Å²) in [7, 11) is 0. The van der Waals surface area contributed by atoms with Crippen LogP contribution in [0.1, 0.15) is 41.6 Å². The van der Waals surface area contributed by atoms with Crippen LogP contribution in [0, 0.1) is 0 Å². The maximum atomic E-state index is 11.1. The summed E-state index contributed by atoms with van der Waals surface area (Å²) in [5.74, 6) is -0.411. The Balaban J connectivity index is 1.93. The average Bonchev–Trinajstić information content (AvgIpc) is 2.38. The molecule has 1 aliphatic rings. The summed E-state index contributed by atoms with van der Waals surface area (Å²) >= 11 is 0. The molecule has 98 valence electrons. The number of benzene rings is 1. The van der Waals surface area contributed by atoms with Crippen LogP contribution in [0.2, 0.25) is 0 Å². The summed E-state index contributed by atoms with van der Waals surface area (Å²) in [6.45, 7) is 0.486. The molecule has 1 fully saturated rings. The molecule has 4 heteroatoms. The van der Waals surface area contributed by atoms with Gasteiger partial charge in [-0.1, -0.05) is 25.0 Å². The molecule has 0 bridgehead atoms. The number of hydrogen-bond donors (Lipinski definition) is 2. The summed E-state index contributed by atoms with van der Waals surface area (Å²) in [4.78, 5) is 11.1. The largest absolute Gasteiger partial charge is 0.372 e. The molecule has 0 radical (unpaired) electrons. The lowest BCUT2D eigenvalue weighted by Crippen LogP contribution is -2.39. The van der Waals surface area contributed by atoms with Crippen LogP contribution in [0.25, 0.3) is 0 Å². The molecule has 0 saturated heterocycles. The smallest absolute Gasteiger partial charge is 0.248 e. The van der Waals surface area contributed by atoms with Gasteiger partial charge in [0.2, 0.25) is 5.91 Å². The SMILES string of the molecule is NC(=O)c1cccc(COC2CCCCC2N)c1. The van der Waals surface area contributed by atoms with Crippen molar-refractivity contribution >= 4 is 5.91 Å². The van der Waals surface area contributed by atoms with Crippen LogP contribution in [-0.4, -0.2) is 18.1 Å². The van der Waals surface area contributed by atoms with Gasteiger partial charge in [0.25, 0.3) is 0 Å². The highest BCUT2D eigenvalue weighted by Crippen LogP contribution is 2.21. The van der Waals surface area contributed by atoms with E-state index in [4.69, 9.17) is 16.2 Å². The second kappa shape index (κ2) is 5.98. The van der Waals surface area contributed by atoms with Gasteiger partial charge in [-0.2, -0.15) is 0 Å². The van der Waals surface area contributed by atoms with Gasteiger partial charge in [-0.15, -0.1) is 0 Å². The fraction of sp³-hybridized carbons (Fsp3) is 0.500. The van der Waals surface area contributed by atoms with Crippen molar-refractivity contribution < 1.29 is 9.53 Å². The van der Waals surface area contributed by atoms with E-state index in [0.717, 1.165) is 18.4 Å². The molecule has 0 aliphatic heterocycles. The molecule has 4 N–H and O–H groups in total. The molecule has 1 aliphatic carbocycles. The first-order chi connectivity index (χ1) is 8.66. The summed E-state index contributed by atoms with van der Waals surface area (Å²) in [6.07, 6.45) is 4.57. The molecule has 18 heavy (non-hydrogen) atoms. The maximum absolute atomic E-state index is 11.1. The molecular weight excluding hydrogens is 228 g/mol. The van der Waals surface area contributed by atoms with Gasteiger partial charge in [0, 0.05) is 11.6 Å². The van der Waals surface area contributed by atoms with Gasteiger partial charge in [-0.25, -0.2) is 0 Å². The molecule has 2 rings (SSSR count). The van der Waals surface area contributed by atoms with Gasteiger partial charge >= 0.3 is 0 Å². The van der Waals surface area contributed by atoms with E-state index in [-0.39, 0.29) is 12.1 Å². The maximum Gasteiger partial charge on any atom is 0.248 e. The highest BCUT2D eigenvalue weighted by atomic mass is 16.5. The number of carbonyl (C=O) groups is 1. The number of rotatable bonds is 4. The zero-order valence-corrected chi connectivity index (χ0v) is 10.5. The predicted octanol–water partition coefficient (Wildman–Crippen LogP) is 1.57. The molecule has 0 spiro atoms. The van der Waals surface area contributed by atoms with E-state index < -0.39 is 5.91 Å². The van der Waals surface area contributed by atoms with Gasteiger partial charge in [0.1, 0.15) is 0 Å². The van der Waals surface area contributed by atoms with Crippen LogP contribution >= 0.6 is 0 Å². The quantitative estimate of drug-likeness (QED) is 0.849. The fourth-order valence-corrected chi connectivity index (χ4v) is 2.35. The average molecular weight is 248 g/mol. The Labute approximate surface area is 107 Å². The van der Waals surface area contributed by atoms with Crippen LogP contribution in [-0.2, 0) is 11.3 Å². The number of carbonyl (C=O) groups excluding carboxylic acids is 1. The number of amides is 1. The number of nitrogens with two attached hydrogens (primary N) is 2. The molecule has 2 atom stereocenters. The predicted molar refractivity (Wildman–Crippen MR) is 70.0 cm³/mol. The van der Waals surface area contributed by atoms with Gasteiger partial charge < -0.3 is 16.2 Å². The normalized spacial score (nSPS) is 23.8. The molecule has 1 amide bonds. The number of ether oxygens (including phenoxy) is 1. The van der Waals surface area contributed by atoms with Crippen molar-refractivity contribution in [1.82, 2.24) is 0 Å². The highest BCUT2D eigenvalue weighted by Gasteiger charge is 2.22. The van der Waals surface area contributed by atoms with E-state index in [1.807, 2.05) is 12.1 Å². The number of hydrogen-bond acceptors (Lipinski definition) is 3. The van der Waals surface area contributed by atoms with E-state index in [9.17, 15) is 4.79 Å². The Morgan fingerprint density at radius 2 is 2.11 bits per heavy atom. The monoisotopic (exact) mass is 248 g/mol. The van der Waals surface area contributed by atoms with Gasteiger partial charge in [-0.05, 0) is 30.5 Å². The minimum atomic E-state index is -0.411. The second-order valence-electron chi connectivity index (χ2n) is 4.86. The number of primary amides is 1. The van der Waals surface area contributed by atoms with Crippen LogP contribution in [0.3, 0.4) is 0 Å². The van der Waals surface area contributed by atoms with Crippen molar-refractivity contribution in [2.24, 2.45) is 11.5 Å². The van der Waals surface area contributed by atoms with Crippen LogP contribution in [0.4, 0.5) is 0 Å². The Morgan fingerprint density at radius 3 is 2.83 bits per heavy atom. The zero-order chi connectivity index (χ0) is 13.0. The summed E-state index contributed by atoms with van der Waals surface area (Å²) in [5, 5.41) is 0. The van der Waals surface area contributed by atoms with E-state index in [0.29, 0.717) is 12.2 Å². The summed E-state index contributed by atoms with van der Waals surface area (Å²) < 4.78 is 5.84. The summed E-state index contributed by atoms with van der Waals surface area (Å²) in [6, 6.07) is 7.37. The third-order valence-electron chi connectivity index (χ3n) is 3.43. The zero-order valence-electron chi connectivity index (χ0n) is 10.5. The molecule has 1 saturated carbocycles. The Kier molecular flexibility index (Phi) is 4.33. The molecule has 1 aromatic rings. The van der Waals surface area contributed by atoms with Crippen LogP contribution in [0.15, 0.2) is 24.3 Å². The topological polar surface area (TPSA) is 78.3 Å². The van der Waals surface area contributed by atoms with E-state index >= 15 is 0 Å². The lowest BCUT2D eigenvalue weighted by Gasteiger charge is -2.28. The van der Waals surface area contributed by atoms with Gasteiger partial charge in [0.15, 0.2) is 0 Å².